The van der Waals surface area contributed by atoms with E-state index < -0.39 is 8.56 Å². The van der Waals surface area contributed by atoms with E-state index in [0.29, 0.717) is 13.3 Å². The van der Waals surface area contributed by atoms with Crippen molar-refractivity contribution in [2.24, 2.45) is 0 Å². The summed E-state index contributed by atoms with van der Waals surface area (Å²) in [6, 6.07) is 0.869. The Morgan fingerprint density at radius 3 is 2.08 bits per heavy atom. The van der Waals surface area contributed by atoms with Crippen LogP contribution in [0.4, 0.5) is 0 Å². The molecule has 13 heavy (non-hydrogen) atoms. The first kappa shape index (κ1) is 13.1. The first-order valence-electron chi connectivity index (χ1n) is 4.37. The van der Waals surface area contributed by atoms with E-state index in [-0.39, 0.29) is 0 Å². The fourth-order valence-electron chi connectivity index (χ4n) is 0.792. The summed E-state index contributed by atoms with van der Waals surface area (Å²) in [5.74, 6) is 0. The number of rotatable bonds is 7. The number of hydrogen-bond donors (Lipinski definition) is 0. The van der Waals surface area contributed by atoms with E-state index in [4.69, 9.17) is 13.6 Å². The van der Waals surface area contributed by atoms with E-state index in [1.807, 2.05) is 25.5 Å². The van der Waals surface area contributed by atoms with Gasteiger partial charge in [-0.1, -0.05) is 0 Å². The second kappa shape index (κ2) is 6.50. The predicted octanol–water partition coefficient (Wildman–Crippen LogP) is 0.887. The van der Waals surface area contributed by atoms with Crippen LogP contribution in [0.3, 0.4) is 0 Å². The molecule has 0 fully saturated rings. The van der Waals surface area contributed by atoms with Crippen molar-refractivity contribution < 1.29 is 13.6 Å². The summed E-state index contributed by atoms with van der Waals surface area (Å²) >= 11 is 0. The molecule has 0 spiro atoms. The van der Waals surface area contributed by atoms with Crippen LogP contribution in [0.2, 0.25) is 12.6 Å². The van der Waals surface area contributed by atoms with Crippen LogP contribution in [-0.2, 0) is 13.6 Å². The zero-order chi connectivity index (χ0) is 10.3. The first-order valence-corrected chi connectivity index (χ1v) is 6.89. The highest BCUT2D eigenvalue weighted by Crippen LogP contribution is 2.10. The topological polar surface area (TPSA) is 30.9 Å². The molecule has 0 aliphatic carbocycles. The van der Waals surface area contributed by atoms with Crippen LogP contribution in [0.15, 0.2) is 0 Å². The molecule has 0 atom stereocenters. The highest BCUT2D eigenvalue weighted by Gasteiger charge is 2.27. The van der Waals surface area contributed by atoms with Gasteiger partial charge in [0.1, 0.15) is 0 Å². The standard InChI is InChI=1S/C8H21NO3Si/c1-9(2)8-12-6-7-13(5,10-3)11-4/h6-8H2,1-5H3. The average molecular weight is 207 g/mol. The molecule has 0 aromatic carbocycles. The van der Waals surface area contributed by atoms with Crippen molar-refractivity contribution in [2.45, 2.75) is 12.6 Å². The fraction of sp³-hybridized carbons (Fsp3) is 1.00. The Morgan fingerprint density at radius 2 is 1.69 bits per heavy atom. The molecule has 0 aromatic rings. The monoisotopic (exact) mass is 207 g/mol. The number of nitrogens with zero attached hydrogens (tertiary/aromatic N) is 1. The molecule has 80 valence electrons. The summed E-state index contributed by atoms with van der Waals surface area (Å²) in [5, 5.41) is 0. The van der Waals surface area contributed by atoms with Gasteiger partial charge in [-0.3, -0.25) is 4.90 Å². The minimum absolute atomic E-state index is 0.651. The van der Waals surface area contributed by atoms with Gasteiger partial charge in [-0.05, 0) is 20.6 Å². The maximum atomic E-state index is 5.40. The van der Waals surface area contributed by atoms with E-state index in [9.17, 15) is 0 Å². The Bertz CT molecular complexity index is 129. The largest absolute Gasteiger partial charge is 0.398 e. The van der Waals surface area contributed by atoms with E-state index in [1.54, 1.807) is 14.2 Å². The molecule has 0 saturated carbocycles. The Labute approximate surface area is 82.0 Å². The smallest absolute Gasteiger partial charge is 0.336 e. The molecule has 0 N–H and O–H groups in total. The SMILES string of the molecule is CO[Si](C)(CCOCN(C)C)OC. The zero-order valence-electron chi connectivity index (χ0n) is 9.29. The molecule has 0 aliphatic rings. The van der Waals surface area contributed by atoms with Crippen molar-refractivity contribution in [3.05, 3.63) is 0 Å². The molecule has 0 saturated heterocycles. The normalized spacial score (nSPS) is 12.5. The van der Waals surface area contributed by atoms with Gasteiger partial charge in [-0.2, -0.15) is 0 Å². The van der Waals surface area contributed by atoms with Gasteiger partial charge < -0.3 is 13.6 Å². The van der Waals surface area contributed by atoms with Gasteiger partial charge in [0.15, 0.2) is 0 Å². The van der Waals surface area contributed by atoms with E-state index in [0.717, 1.165) is 6.04 Å². The second-order valence-electron chi connectivity index (χ2n) is 3.41. The molecule has 0 heterocycles. The first-order chi connectivity index (χ1) is 6.04. The van der Waals surface area contributed by atoms with Crippen molar-refractivity contribution in [1.29, 1.82) is 0 Å². The summed E-state index contributed by atoms with van der Waals surface area (Å²) in [4.78, 5) is 1.98. The summed E-state index contributed by atoms with van der Waals surface area (Å²) in [6.07, 6.45) is 0. The molecular formula is C8H21NO3Si. The van der Waals surface area contributed by atoms with Crippen LogP contribution in [0, 0.1) is 0 Å². The third-order valence-electron chi connectivity index (χ3n) is 1.91. The van der Waals surface area contributed by atoms with Gasteiger partial charge in [0.2, 0.25) is 0 Å². The van der Waals surface area contributed by atoms with Gasteiger partial charge in [-0.15, -0.1) is 0 Å². The summed E-state index contributed by atoms with van der Waals surface area (Å²) in [7, 11) is 5.43. The fourth-order valence-corrected chi connectivity index (χ4v) is 1.88. The Kier molecular flexibility index (Phi) is 6.53. The highest BCUT2D eigenvalue weighted by atomic mass is 28.4. The molecule has 5 heteroatoms. The third-order valence-corrected chi connectivity index (χ3v) is 4.75. The van der Waals surface area contributed by atoms with Crippen LogP contribution in [0.25, 0.3) is 0 Å². The van der Waals surface area contributed by atoms with Gasteiger partial charge in [0, 0.05) is 20.3 Å². The van der Waals surface area contributed by atoms with Crippen molar-refractivity contribution >= 4 is 8.56 Å². The number of ether oxygens (including phenoxy) is 1. The molecule has 0 aliphatic heterocycles. The van der Waals surface area contributed by atoms with Crippen LogP contribution in [0.1, 0.15) is 0 Å². The maximum Gasteiger partial charge on any atom is 0.336 e. The van der Waals surface area contributed by atoms with Crippen LogP contribution in [0.5, 0.6) is 0 Å². The highest BCUT2D eigenvalue weighted by molar-refractivity contribution is 6.65. The molecule has 0 bridgehead atoms. The Balaban J connectivity index is 3.50. The van der Waals surface area contributed by atoms with Crippen molar-refractivity contribution in [2.75, 3.05) is 41.7 Å². The molecule has 0 amide bonds. The zero-order valence-corrected chi connectivity index (χ0v) is 10.3. The van der Waals surface area contributed by atoms with E-state index in [2.05, 4.69) is 0 Å². The Hall–Kier alpha value is 0.0569. The quantitative estimate of drug-likeness (QED) is 0.352. The molecule has 0 aromatic heterocycles. The molecule has 0 rings (SSSR count). The summed E-state index contributed by atoms with van der Waals surface area (Å²) < 4.78 is 16.0. The van der Waals surface area contributed by atoms with Crippen molar-refractivity contribution in [3.63, 3.8) is 0 Å². The molecule has 0 unspecified atom stereocenters. The lowest BCUT2D eigenvalue weighted by atomic mass is 10.8. The molecule has 4 nitrogen and oxygen atoms in total. The van der Waals surface area contributed by atoms with Crippen molar-refractivity contribution in [1.82, 2.24) is 4.90 Å². The predicted molar refractivity (Wildman–Crippen MR) is 54.9 cm³/mol. The molecule has 0 radical (unpaired) electrons. The summed E-state index contributed by atoms with van der Waals surface area (Å²) in [6.45, 7) is 3.38. The van der Waals surface area contributed by atoms with E-state index in [1.165, 1.54) is 0 Å². The second-order valence-corrected chi connectivity index (χ2v) is 6.99. The van der Waals surface area contributed by atoms with Gasteiger partial charge in [0.25, 0.3) is 0 Å². The van der Waals surface area contributed by atoms with E-state index >= 15 is 0 Å². The van der Waals surface area contributed by atoms with Crippen LogP contribution < -0.4 is 0 Å². The third kappa shape index (κ3) is 6.17. The summed E-state index contributed by atoms with van der Waals surface area (Å²) in [5.41, 5.74) is 0. The van der Waals surface area contributed by atoms with Gasteiger partial charge in [0.05, 0.1) is 13.3 Å². The van der Waals surface area contributed by atoms with Gasteiger partial charge >= 0.3 is 8.56 Å². The number of hydrogen-bond acceptors (Lipinski definition) is 4. The lowest BCUT2D eigenvalue weighted by molar-refractivity contribution is 0.0604. The molecular weight excluding hydrogens is 186 g/mol. The van der Waals surface area contributed by atoms with Gasteiger partial charge in [-0.25, -0.2) is 0 Å². The minimum Gasteiger partial charge on any atom is -0.398 e. The van der Waals surface area contributed by atoms with Crippen LogP contribution in [-0.4, -0.2) is 55.1 Å². The lowest BCUT2D eigenvalue weighted by Crippen LogP contribution is -2.37. The minimum atomic E-state index is -1.91. The maximum absolute atomic E-state index is 5.40. The van der Waals surface area contributed by atoms with Crippen LogP contribution >= 0.6 is 0 Å². The Morgan fingerprint density at radius 1 is 1.15 bits per heavy atom. The van der Waals surface area contributed by atoms with Crippen molar-refractivity contribution in [3.8, 4) is 0 Å². The lowest BCUT2D eigenvalue weighted by Gasteiger charge is -2.22. The average Bonchev–Trinajstić information content (AvgIpc) is 2.12.